The number of halogens is 1. The molecule has 0 fully saturated rings. The third-order valence-corrected chi connectivity index (χ3v) is 6.40. The van der Waals surface area contributed by atoms with E-state index in [1.807, 2.05) is 24.5 Å². The van der Waals surface area contributed by atoms with Crippen LogP contribution in [0.4, 0.5) is 0 Å². The van der Waals surface area contributed by atoms with Gasteiger partial charge in [-0.2, -0.15) is 0 Å². The van der Waals surface area contributed by atoms with E-state index in [0.717, 1.165) is 36.6 Å². The Morgan fingerprint density at radius 2 is 1.90 bits per heavy atom. The highest BCUT2D eigenvalue weighted by molar-refractivity contribution is 7.88. The van der Waals surface area contributed by atoms with Crippen molar-refractivity contribution in [3.8, 4) is 11.5 Å². The molecule has 0 aliphatic carbocycles. The van der Waals surface area contributed by atoms with Crippen molar-refractivity contribution in [3.05, 3.63) is 34.4 Å². The van der Waals surface area contributed by atoms with Crippen molar-refractivity contribution in [2.45, 2.75) is 39.4 Å². The van der Waals surface area contributed by atoms with Crippen LogP contribution >= 0.6 is 11.6 Å². The first-order chi connectivity index (χ1) is 14.2. The summed E-state index contributed by atoms with van der Waals surface area (Å²) in [4.78, 5) is 2.30. The summed E-state index contributed by atoms with van der Waals surface area (Å²) in [6, 6.07) is 3.32. The summed E-state index contributed by atoms with van der Waals surface area (Å²) in [6.07, 6.45) is 1.89. The Balaban J connectivity index is 1.51. The molecule has 2 aromatic rings. The van der Waals surface area contributed by atoms with E-state index < -0.39 is 16.1 Å². The molecule has 30 heavy (non-hydrogen) atoms. The van der Waals surface area contributed by atoms with E-state index in [1.54, 1.807) is 6.07 Å². The minimum absolute atomic E-state index is 0.0415. The van der Waals surface area contributed by atoms with Crippen LogP contribution in [0.1, 0.15) is 37.1 Å². The SMILES string of the molecule is CC(C)[C@@H](NS(C)(=O)=O)c1nnc2n1CCN(Cc1cc3c(cc1Cl)OCO3)CC2. The number of hydrogen-bond donors (Lipinski definition) is 1. The van der Waals surface area contributed by atoms with Crippen LogP contribution in [0.15, 0.2) is 12.1 Å². The average Bonchev–Trinajstić information content (AvgIpc) is 3.22. The number of fused-ring (bicyclic) bond motifs is 2. The largest absolute Gasteiger partial charge is 0.454 e. The van der Waals surface area contributed by atoms with Gasteiger partial charge in [0.1, 0.15) is 5.82 Å². The van der Waals surface area contributed by atoms with Gasteiger partial charge in [0.2, 0.25) is 16.8 Å². The third kappa shape index (κ3) is 4.56. The average molecular weight is 456 g/mol. The molecule has 1 aromatic heterocycles. The highest BCUT2D eigenvalue weighted by Gasteiger charge is 2.28. The molecule has 0 saturated heterocycles. The Morgan fingerprint density at radius 1 is 1.17 bits per heavy atom. The minimum atomic E-state index is -3.37. The minimum Gasteiger partial charge on any atom is -0.454 e. The molecule has 0 spiro atoms. The summed E-state index contributed by atoms with van der Waals surface area (Å²) < 4.78 is 39.3. The number of benzene rings is 1. The van der Waals surface area contributed by atoms with E-state index in [-0.39, 0.29) is 12.7 Å². The van der Waals surface area contributed by atoms with Gasteiger partial charge in [-0.25, -0.2) is 13.1 Å². The van der Waals surface area contributed by atoms with Gasteiger partial charge in [0.25, 0.3) is 0 Å². The first kappa shape index (κ1) is 21.4. The van der Waals surface area contributed by atoms with Crippen molar-refractivity contribution < 1.29 is 17.9 Å². The number of sulfonamides is 1. The van der Waals surface area contributed by atoms with Gasteiger partial charge in [0.05, 0.1) is 12.3 Å². The first-order valence-electron chi connectivity index (χ1n) is 9.91. The molecule has 0 saturated carbocycles. The number of ether oxygens (including phenoxy) is 2. The molecule has 0 amide bonds. The maximum atomic E-state index is 11.8. The molecule has 164 valence electrons. The number of aromatic nitrogens is 3. The second-order valence-electron chi connectivity index (χ2n) is 8.06. The van der Waals surface area contributed by atoms with Crippen molar-refractivity contribution in [2.75, 3.05) is 26.1 Å². The summed E-state index contributed by atoms with van der Waals surface area (Å²) >= 11 is 6.44. The van der Waals surface area contributed by atoms with Gasteiger partial charge in [-0.05, 0) is 17.5 Å². The van der Waals surface area contributed by atoms with Crippen LogP contribution in [0, 0.1) is 5.92 Å². The van der Waals surface area contributed by atoms with Crippen molar-refractivity contribution in [3.63, 3.8) is 0 Å². The maximum absolute atomic E-state index is 11.8. The van der Waals surface area contributed by atoms with Crippen molar-refractivity contribution in [1.29, 1.82) is 0 Å². The lowest BCUT2D eigenvalue weighted by atomic mass is 10.1. The number of nitrogens with one attached hydrogen (secondary N) is 1. The lowest BCUT2D eigenvalue weighted by molar-refractivity contribution is 0.174. The van der Waals surface area contributed by atoms with Gasteiger partial charge in [-0.3, -0.25) is 4.90 Å². The van der Waals surface area contributed by atoms with Gasteiger partial charge in [0, 0.05) is 43.7 Å². The second kappa shape index (κ2) is 8.33. The lowest BCUT2D eigenvalue weighted by Gasteiger charge is -2.23. The molecule has 2 aliphatic heterocycles. The standard InChI is InChI=1S/C19H26ClN5O4S/c1-12(2)18(23-30(3,26)27)19-22-21-17-4-5-24(6-7-25(17)19)10-13-8-15-16(9-14(13)20)29-11-28-15/h8-9,12,18,23H,4-7,10-11H2,1-3H3/t18-/m1/s1. The fourth-order valence-electron chi connectivity index (χ4n) is 3.82. The normalized spacial score (nSPS) is 17.8. The Kier molecular flexibility index (Phi) is 5.93. The summed E-state index contributed by atoms with van der Waals surface area (Å²) in [5.74, 6) is 2.96. The highest BCUT2D eigenvalue weighted by atomic mass is 35.5. The molecular formula is C19H26ClN5O4S. The summed E-state index contributed by atoms with van der Waals surface area (Å²) in [5, 5.41) is 9.32. The van der Waals surface area contributed by atoms with Gasteiger partial charge in [-0.15, -0.1) is 10.2 Å². The van der Waals surface area contributed by atoms with E-state index in [0.29, 0.717) is 29.7 Å². The molecule has 1 N–H and O–H groups in total. The Bertz CT molecular complexity index is 1040. The van der Waals surface area contributed by atoms with Crippen LogP contribution in [0.3, 0.4) is 0 Å². The summed E-state index contributed by atoms with van der Waals surface area (Å²) in [7, 11) is -3.37. The van der Waals surface area contributed by atoms with Crippen LogP contribution in [-0.2, 0) is 29.5 Å². The maximum Gasteiger partial charge on any atom is 0.231 e. The van der Waals surface area contributed by atoms with E-state index in [1.165, 1.54) is 6.26 Å². The predicted octanol–water partition coefficient (Wildman–Crippen LogP) is 1.96. The van der Waals surface area contributed by atoms with Gasteiger partial charge in [0.15, 0.2) is 17.3 Å². The number of nitrogens with zero attached hydrogens (tertiary/aromatic N) is 4. The van der Waals surface area contributed by atoms with Crippen molar-refractivity contribution >= 4 is 21.6 Å². The van der Waals surface area contributed by atoms with E-state index in [9.17, 15) is 8.42 Å². The van der Waals surface area contributed by atoms with E-state index in [4.69, 9.17) is 21.1 Å². The molecule has 9 nitrogen and oxygen atoms in total. The topological polar surface area (TPSA) is 98.6 Å². The van der Waals surface area contributed by atoms with Gasteiger partial charge >= 0.3 is 0 Å². The molecule has 4 rings (SSSR count). The zero-order valence-electron chi connectivity index (χ0n) is 17.3. The van der Waals surface area contributed by atoms with Gasteiger partial charge < -0.3 is 14.0 Å². The quantitative estimate of drug-likeness (QED) is 0.710. The third-order valence-electron chi connectivity index (χ3n) is 5.37. The zero-order valence-corrected chi connectivity index (χ0v) is 18.8. The monoisotopic (exact) mass is 455 g/mol. The smallest absolute Gasteiger partial charge is 0.231 e. The summed E-state index contributed by atoms with van der Waals surface area (Å²) in [6.45, 7) is 7.08. The van der Waals surface area contributed by atoms with Crippen LogP contribution in [0.25, 0.3) is 0 Å². The van der Waals surface area contributed by atoms with Crippen LogP contribution in [0.2, 0.25) is 5.02 Å². The Labute approximate surface area is 181 Å². The fraction of sp³-hybridized carbons (Fsp3) is 0.579. The Morgan fingerprint density at radius 3 is 2.60 bits per heavy atom. The van der Waals surface area contributed by atoms with Crippen molar-refractivity contribution in [2.24, 2.45) is 5.92 Å². The Hall–Kier alpha value is -1.88. The molecular weight excluding hydrogens is 430 g/mol. The molecule has 2 aliphatic rings. The fourth-order valence-corrected chi connectivity index (χ4v) is 4.87. The summed E-state index contributed by atoms with van der Waals surface area (Å²) in [5.41, 5.74) is 0.984. The zero-order chi connectivity index (χ0) is 21.5. The molecule has 1 aromatic carbocycles. The van der Waals surface area contributed by atoms with E-state index >= 15 is 0 Å². The highest BCUT2D eigenvalue weighted by Crippen LogP contribution is 2.37. The number of hydrogen-bond acceptors (Lipinski definition) is 7. The number of rotatable bonds is 6. The van der Waals surface area contributed by atoms with Crippen LogP contribution in [-0.4, -0.2) is 54.2 Å². The second-order valence-corrected chi connectivity index (χ2v) is 10.2. The molecule has 0 unspecified atom stereocenters. The molecule has 1 atom stereocenters. The molecule has 0 radical (unpaired) electrons. The molecule has 0 bridgehead atoms. The van der Waals surface area contributed by atoms with E-state index in [2.05, 4.69) is 19.8 Å². The molecule has 11 heteroatoms. The predicted molar refractivity (Wildman–Crippen MR) is 112 cm³/mol. The lowest BCUT2D eigenvalue weighted by Crippen LogP contribution is -2.33. The van der Waals surface area contributed by atoms with Crippen LogP contribution < -0.4 is 14.2 Å². The first-order valence-corrected chi connectivity index (χ1v) is 12.2. The molecule has 3 heterocycles. The van der Waals surface area contributed by atoms with Crippen molar-refractivity contribution in [1.82, 2.24) is 24.4 Å². The van der Waals surface area contributed by atoms with Crippen LogP contribution in [0.5, 0.6) is 11.5 Å². The van der Waals surface area contributed by atoms with Gasteiger partial charge in [-0.1, -0.05) is 25.4 Å².